The molecule has 0 unspecified atom stereocenters. The molecule has 0 atom stereocenters. The molecule has 1 fully saturated rings. The Balaban J connectivity index is 0.00000312. The van der Waals surface area contributed by atoms with Gasteiger partial charge in [0.25, 0.3) is 0 Å². The molecule has 1 aromatic carbocycles. The van der Waals surface area contributed by atoms with Crippen LogP contribution >= 0.6 is 12.4 Å². The lowest BCUT2D eigenvalue weighted by atomic mass is 9.95. The number of carbonyl (C=O) groups is 1. The Hall–Kier alpha value is -1.31. The summed E-state index contributed by atoms with van der Waals surface area (Å²) in [7, 11) is -3.52. The van der Waals surface area contributed by atoms with Gasteiger partial charge in [-0.1, -0.05) is 0 Å². The number of carbonyl (C=O) groups excluding carboxylic acids is 1. The minimum Gasteiger partial charge on any atom is -0.491 e. The predicted molar refractivity (Wildman–Crippen MR) is 102 cm³/mol. The first-order valence-electron chi connectivity index (χ1n) is 8.15. The van der Waals surface area contributed by atoms with Gasteiger partial charge in [0.15, 0.2) is 14.6 Å². The normalized spacial score (nSPS) is 16.8. The Labute approximate surface area is 156 Å². The van der Waals surface area contributed by atoms with Crippen molar-refractivity contribution in [3.63, 3.8) is 0 Å². The van der Waals surface area contributed by atoms with Gasteiger partial charge in [0.05, 0.1) is 6.10 Å². The second-order valence-corrected chi connectivity index (χ2v) is 8.94. The highest BCUT2D eigenvalue weighted by molar-refractivity contribution is 7.92. The summed E-state index contributed by atoms with van der Waals surface area (Å²) < 4.78 is 28.9. The maximum atomic E-state index is 12.8. The Morgan fingerprint density at radius 2 is 1.88 bits per heavy atom. The lowest BCUT2D eigenvalue weighted by Gasteiger charge is -2.34. The van der Waals surface area contributed by atoms with Crippen molar-refractivity contribution in [2.75, 3.05) is 24.7 Å². The molecule has 25 heavy (non-hydrogen) atoms. The molecule has 2 rings (SSSR count). The largest absolute Gasteiger partial charge is 0.491 e. The standard InChI is InChI=1S/C17H26N2O4S.ClH/c1-12(2)23-15-6-5-14(11-13(15)3)19-16(20)17(24(4,21)22)7-9-18-10-8-17;/h5-6,11-12,18H,7-10H2,1-4H3,(H,19,20);1H. The fourth-order valence-corrected chi connectivity index (χ4v) is 4.29. The summed E-state index contributed by atoms with van der Waals surface area (Å²) in [5, 5.41) is 5.88. The third-order valence-electron chi connectivity index (χ3n) is 4.33. The van der Waals surface area contributed by atoms with Crippen LogP contribution in [0.4, 0.5) is 5.69 Å². The number of halogens is 1. The summed E-state index contributed by atoms with van der Waals surface area (Å²) in [5.41, 5.74) is 1.47. The zero-order chi connectivity index (χ0) is 18.0. The molecule has 1 amide bonds. The van der Waals surface area contributed by atoms with E-state index in [1.807, 2.05) is 20.8 Å². The molecule has 0 aliphatic carbocycles. The van der Waals surface area contributed by atoms with Crippen molar-refractivity contribution in [2.24, 2.45) is 0 Å². The number of ether oxygens (including phenoxy) is 1. The average molecular weight is 391 g/mol. The van der Waals surface area contributed by atoms with Crippen molar-refractivity contribution in [3.8, 4) is 5.75 Å². The first kappa shape index (κ1) is 21.7. The van der Waals surface area contributed by atoms with Gasteiger partial charge in [-0.2, -0.15) is 0 Å². The average Bonchev–Trinajstić information content (AvgIpc) is 2.49. The van der Waals surface area contributed by atoms with Crippen LogP contribution in [0.15, 0.2) is 18.2 Å². The molecule has 1 saturated heterocycles. The third kappa shape index (κ3) is 4.86. The second kappa shape index (κ2) is 8.38. The summed E-state index contributed by atoms with van der Waals surface area (Å²) in [6, 6.07) is 5.33. The zero-order valence-corrected chi connectivity index (χ0v) is 16.7. The van der Waals surface area contributed by atoms with Crippen LogP contribution in [0.1, 0.15) is 32.3 Å². The van der Waals surface area contributed by atoms with E-state index in [1.165, 1.54) is 0 Å². The fraction of sp³-hybridized carbons (Fsp3) is 0.588. The summed E-state index contributed by atoms with van der Waals surface area (Å²) in [6.07, 6.45) is 1.77. The van der Waals surface area contributed by atoms with Gasteiger partial charge in [0.1, 0.15) is 5.75 Å². The number of rotatable bonds is 5. The summed E-state index contributed by atoms with van der Waals surface area (Å²) >= 11 is 0. The SMILES string of the molecule is Cc1cc(NC(=O)C2(S(C)(=O)=O)CCNCC2)ccc1OC(C)C.Cl. The van der Waals surface area contributed by atoms with E-state index in [4.69, 9.17) is 4.74 Å². The van der Waals surface area contributed by atoms with Crippen molar-refractivity contribution in [3.05, 3.63) is 23.8 Å². The van der Waals surface area contributed by atoms with Crippen LogP contribution in [0.3, 0.4) is 0 Å². The molecule has 0 spiro atoms. The number of nitrogens with one attached hydrogen (secondary N) is 2. The topological polar surface area (TPSA) is 84.5 Å². The first-order chi connectivity index (χ1) is 11.2. The quantitative estimate of drug-likeness (QED) is 0.805. The fourth-order valence-electron chi connectivity index (χ4n) is 2.96. The number of sulfone groups is 1. The highest BCUT2D eigenvalue weighted by Gasteiger charge is 2.48. The molecule has 1 aliphatic heterocycles. The number of benzene rings is 1. The molecule has 142 valence electrons. The van der Waals surface area contributed by atoms with Crippen LogP contribution < -0.4 is 15.4 Å². The van der Waals surface area contributed by atoms with E-state index < -0.39 is 20.5 Å². The lowest BCUT2D eigenvalue weighted by Crippen LogP contribution is -2.55. The van der Waals surface area contributed by atoms with Crippen molar-refractivity contribution in [1.82, 2.24) is 5.32 Å². The molecule has 0 bridgehead atoms. The van der Waals surface area contributed by atoms with Gasteiger partial charge in [0, 0.05) is 11.9 Å². The lowest BCUT2D eigenvalue weighted by molar-refractivity contribution is -0.119. The smallest absolute Gasteiger partial charge is 0.245 e. The number of piperidine rings is 1. The number of amides is 1. The molecule has 0 aromatic heterocycles. The summed E-state index contributed by atoms with van der Waals surface area (Å²) in [5.74, 6) is 0.297. The Morgan fingerprint density at radius 1 is 1.28 bits per heavy atom. The van der Waals surface area contributed by atoms with Crippen LogP contribution in [0, 0.1) is 6.92 Å². The van der Waals surface area contributed by atoms with Gasteiger partial charge < -0.3 is 15.4 Å². The van der Waals surface area contributed by atoms with Gasteiger partial charge >= 0.3 is 0 Å². The van der Waals surface area contributed by atoms with E-state index in [1.54, 1.807) is 18.2 Å². The minimum absolute atomic E-state index is 0. The molecule has 6 nitrogen and oxygen atoms in total. The summed E-state index contributed by atoms with van der Waals surface area (Å²) in [4.78, 5) is 12.8. The van der Waals surface area contributed by atoms with Crippen molar-refractivity contribution < 1.29 is 17.9 Å². The zero-order valence-electron chi connectivity index (χ0n) is 15.1. The molecule has 1 heterocycles. The molecule has 0 saturated carbocycles. The summed E-state index contributed by atoms with van der Waals surface area (Å²) in [6.45, 7) is 6.82. The molecule has 2 N–H and O–H groups in total. The molecule has 8 heteroatoms. The molecule has 1 aromatic rings. The predicted octanol–water partition coefficient (Wildman–Crippen LogP) is 2.31. The van der Waals surface area contributed by atoms with Crippen LogP contribution in [0.25, 0.3) is 0 Å². The number of aryl methyl sites for hydroxylation is 1. The van der Waals surface area contributed by atoms with Gasteiger partial charge in [-0.15, -0.1) is 12.4 Å². The monoisotopic (exact) mass is 390 g/mol. The maximum Gasteiger partial charge on any atom is 0.245 e. The van der Waals surface area contributed by atoms with E-state index in [-0.39, 0.29) is 31.4 Å². The van der Waals surface area contributed by atoms with Crippen molar-refractivity contribution >= 4 is 33.8 Å². The molecule has 0 radical (unpaired) electrons. The van der Waals surface area contributed by atoms with E-state index in [2.05, 4.69) is 10.6 Å². The molecular formula is C17H27ClN2O4S. The number of hydrogen-bond donors (Lipinski definition) is 2. The maximum absolute atomic E-state index is 12.8. The van der Waals surface area contributed by atoms with E-state index in [0.29, 0.717) is 18.8 Å². The van der Waals surface area contributed by atoms with Gasteiger partial charge in [-0.05, 0) is 70.5 Å². The van der Waals surface area contributed by atoms with E-state index in [9.17, 15) is 13.2 Å². The van der Waals surface area contributed by atoms with E-state index >= 15 is 0 Å². The molecular weight excluding hydrogens is 364 g/mol. The molecule has 1 aliphatic rings. The Kier molecular flexibility index (Phi) is 7.28. The number of hydrogen-bond acceptors (Lipinski definition) is 5. The van der Waals surface area contributed by atoms with Crippen LogP contribution in [0.5, 0.6) is 5.75 Å². The van der Waals surface area contributed by atoms with E-state index in [0.717, 1.165) is 17.6 Å². The second-order valence-electron chi connectivity index (χ2n) is 6.62. The Morgan fingerprint density at radius 3 is 2.36 bits per heavy atom. The minimum atomic E-state index is -3.52. The third-order valence-corrected chi connectivity index (χ3v) is 6.34. The van der Waals surface area contributed by atoms with Crippen LogP contribution in [-0.2, 0) is 14.6 Å². The highest BCUT2D eigenvalue weighted by Crippen LogP contribution is 2.30. The van der Waals surface area contributed by atoms with Crippen LogP contribution in [-0.4, -0.2) is 44.5 Å². The first-order valence-corrected chi connectivity index (χ1v) is 10.0. The van der Waals surface area contributed by atoms with Gasteiger partial charge in [0.2, 0.25) is 5.91 Å². The number of anilines is 1. The van der Waals surface area contributed by atoms with Crippen LogP contribution in [0.2, 0.25) is 0 Å². The van der Waals surface area contributed by atoms with Crippen molar-refractivity contribution in [1.29, 1.82) is 0 Å². The van der Waals surface area contributed by atoms with Crippen molar-refractivity contribution in [2.45, 2.75) is 44.5 Å². The Bertz CT molecular complexity index is 713. The van der Waals surface area contributed by atoms with Gasteiger partial charge in [-0.3, -0.25) is 4.79 Å². The highest BCUT2D eigenvalue weighted by atomic mass is 35.5. The van der Waals surface area contributed by atoms with Gasteiger partial charge in [-0.25, -0.2) is 8.42 Å².